The van der Waals surface area contributed by atoms with E-state index >= 15 is 0 Å². The van der Waals surface area contributed by atoms with Crippen LogP contribution in [0.3, 0.4) is 0 Å². The summed E-state index contributed by atoms with van der Waals surface area (Å²) >= 11 is 0. The fraction of sp³-hybridized carbons (Fsp3) is 0.0392. The summed E-state index contributed by atoms with van der Waals surface area (Å²) in [4.78, 5) is 15.0. The highest BCUT2D eigenvalue weighted by molar-refractivity contribution is 5.98. The van der Waals surface area contributed by atoms with E-state index in [2.05, 4.69) is 181 Å². The lowest BCUT2D eigenvalue weighted by Crippen LogP contribution is -1.97. The lowest BCUT2D eigenvalue weighted by molar-refractivity contribution is 1.12. The summed E-state index contributed by atoms with van der Waals surface area (Å²) in [5.41, 5.74) is 16.2. The van der Waals surface area contributed by atoms with Crippen molar-refractivity contribution >= 4 is 10.8 Å². The van der Waals surface area contributed by atoms with Crippen LogP contribution in [0.4, 0.5) is 0 Å². The summed E-state index contributed by atoms with van der Waals surface area (Å²) in [6.45, 7) is 4.09. The molecule has 0 amide bonds. The predicted octanol–water partition coefficient (Wildman–Crippen LogP) is 13.3. The Balaban J connectivity index is 1.16. The van der Waals surface area contributed by atoms with E-state index in [9.17, 15) is 0 Å². The maximum Gasteiger partial charge on any atom is 0.160 e. The molecule has 2 heterocycles. The van der Waals surface area contributed by atoms with E-state index in [-0.39, 0.29) is 0 Å². The Labute approximate surface area is 316 Å². The van der Waals surface area contributed by atoms with Crippen LogP contribution in [0, 0.1) is 13.8 Å². The van der Waals surface area contributed by atoms with Gasteiger partial charge in [0, 0.05) is 28.1 Å². The average molecular weight is 692 g/mol. The number of fused-ring (bicyclic) bond motifs is 1. The molecule has 0 atom stereocenters. The second-order valence-electron chi connectivity index (χ2n) is 13.8. The summed E-state index contributed by atoms with van der Waals surface area (Å²) in [6.07, 6.45) is 0. The number of pyridine rings is 1. The third-order valence-corrected chi connectivity index (χ3v) is 10.0. The smallest absolute Gasteiger partial charge is 0.160 e. The van der Waals surface area contributed by atoms with E-state index in [4.69, 9.17) is 9.97 Å². The summed E-state index contributed by atoms with van der Waals surface area (Å²) in [6, 6.07) is 66.7. The first kappa shape index (κ1) is 32.9. The van der Waals surface area contributed by atoms with Crippen molar-refractivity contribution in [3.8, 4) is 78.4 Å². The van der Waals surface area contributed by atoms with Crippen LogP contribution in [0.2, 0.25) is 0 Å². The monoisotopic (exact) mass is 691 g/mol. The molecule has 0 aliphatic heterocycles. The van der Waals surface area contributed by atoms with Crippen molar-refractivity contribution in [3.05, 3.63) is 199 Å². The van der Waals surface area contributed by atoms with Crippen molar-refractivity contribution in [3.63, 3.8) is 0 Å². The predicted molar refractivity (Wildman–Crippen MR) is 225 cm³/mol. The Bertz CT molecular complexity index is 2670. The third kappa shape index (κ3) is 6.71. The first-order valence-electron chi connectivity index (χ1n) is 18.3. The van der Waals surface area contributed by atoms with E-state index in [1.165, 1.54) is 38.6 Å². The number of benzene rings is 7. The minimum Gasteiger partial charge on any atom is -0.258 e. The molecular weight excluding hydrogens is 655 g/mol. The van der Waals surface area contributed by atoms with Crippen molar-refractivity contribution in [1.82, 2.24) is 15.0 Å². The molecule has 0 spiro atoms. The van der Waals surface area contributed by atoms with Gasteiger partial charge in [0.15, 0.2) is 5.82 Å². The highest BCUT2D eigenvalue weighted by Crippen LogP contribution is 2.37. The minimum atomic E-state index is 0.690. The normalized spacial score (nSPS) is 11.1. The maximum absolute atomic E-state index is 5.21. The molecule has 2 aromatic heterocycles. The molecule has 0 N–H and O–H groups in total. The molecule has 54 heavy (non-hydrogen) atoms. The van der Waals surface area contributed by atoms with Crippen molar-refractivity contribution in [2.24, 2.45) is 0 Å². The molecule has 0 saturated carbocycles. The fourth-order valence-electron chi connectivity index (χ4n) is 7.36. The van der Waals surface area contributed by atoms with Crippen LogP contribution in [-0.2, 0) is 0 Å². The molecule has 3 heteroatoms. The molecule has 0 aliphatic rings. The van der Waals surface area contributed by atoms with Gasteiger partial charge in [-0.3, -0.25) is 4.98 Å². The van der Waals surface area contributed by atoms with Crippen molar-refractivity contribution in [1.29, 1.82) is 0 Å². The van der Waals surface area contributed by atoms with Crippen LogP contribution < -0.4 is 0 Å². The van der Waals surface area contributed by atoms with Gasteiger partial charge in [0.25, 0.3) is 0 Å². The molecule has 0 fully saturated rings. The van der Waals surface area contributed by atoms with E-state index in [0.29, 0.717) is 5.82 Å². The van der Waals surface area contributed by atoms with Gasteiger partial charge in [-0.2, -0.15) is 0 Å². The van der Waals surface area contributed by atoms with E-state index in [1.54, 1.807) is 0 Å². The Morgan fingerprint density at radius 2 is 0.741 bits per heavy atom. The number of nitrogens with zero attached hydrogens (tertiary/aromatic N) is 3. The van der Waals surface area contributed by atoms with Gasteiger partial charge in [-0.1, -0.05) is 152 Å². The molecular formula is C51H37N3. The van der Waals surface area contributed by atoms with Crippen LogP contribution in [0.15, 0.2) is 188 Å². The highest BCUT2D eigenvalue weighted by atomic mass is 14.9. The fourth-order valence-corrected chi connectivity index (χ4v) is 7.36. The van der Waals surface area contributed by atoms with Gasteiger partial charge in [-0.25, -0.2) is 9.97 Å². The van der Waals surface area contributed by atoms with Crippen LogP contribution >= 0.6 is 0 Å². The standard InChI is InChI=1S/C51H37N3/c1-34-28-43(29-35(2)52-34)38-24-20-36(21-25-38)37-22-26-39(27-23-37)44-30-45(48-19-11-17-40-12-9-10-18-47(40)48)32-46(31-44)51-53-49(41-13-5-3-6-14-41)33-50(54-51)42-15-7-4-8-16-42/h3-33H,1-2H3. The molecule has 9 aromatic rings. The largest absolute Gasteiger partial charge is 0.258 e. The van der Waals surface area contributed by atoms with E-state index in [0.717, 1.165) is 56.2 Å². The summed E-state index contributed by atoms with van der Waals surface area (Å²) in [5.74, 6) is 0.690. The zero-order valence-electron chi connectivity index (χ0n) is 30.2. The van der Waals surface area contributed by atoms with Crippen molar-refractivity contribution in [2.45, 2.75) is 13.8 Å². The lowest BCUT2D eigenvalue weighted by atomic mass is 9.92. The average Bonchev–Trinajstić information content (AvgIpc) is 3.23. The van der Waals surface area contributed by atoms with Gasteiger partial charge in [0.05, 0.1) is 11.4 Å². The van der Waals surface area contributed by atoms with Crippen LogP contribution in [0.1, 0.15) is 11.4 Å². The van der Waals surface area contributed by atoms with Crippen LogP contribution in [-0.4, -0.2) is 15.0 Å². The van der Waals surface area contributed by atoms with Gasteiger partial charge in [0.2, 0.25) is 0 Å². The first-order valence-corrected chi connectivity index (χ1v) is 18.3. The molecule has 7 aromatic carbocycles. The van der Waals surface area contributed by atoms with E-state index in [1.807, 2.05) is 26.0 Å². The van der Waals surface area contributed by atoms with Crippen LogP contribution in [0.5, 0.6) is 0 Å². The van der Waals surface area contributed by atoms with Gasteiger partial charge >= 0.3 is 0 Å². The summed E-state index contributed by atoms with van der Waals surface area (Å²) in [7, 11) is 0. The highest BCUT2D eigenvalue weighted by Gasteiger charge is 2.15. The molecule has 9 rings (SSSR count). The lowest BCUT2D eigenvalue weighted by Gasteiger charge is -2.14. The quantitative estimate of drug-likeness (QED) is 0.167. The summed E-state index contributed by atoms with van der Waals surface area (Å²) in [5, 5.41) is 2.42. The first-order chi connectivity index (χ1) is 26.5. The number of hydrogen-bond donors (Lipinski definition) is 0. The Hall–Kier alpha value is -6.97. The number of aromatic nitrogens is 3. The van der Waals surface area contributed by atoms with Crippen molar-refractivity contribution in [2.75, 3.05) is 0 Å². The number of hydrogen-bond acceptors (Lipinski definition) is 3. The number of rotatable bonds is 7. The Morgan fingerprint density at radius 3 is 1.31 bits per heavy atom. The number of aryl methyl sites for hydroxylation is 2. The van der Waals surface area contributed by atoms with Gasteiger partial charge < -0.3 is 0 Å². The molecule has 0 unspecified atom stereocenters. The molecule has 0 saturated heterocycles. The molecule has 3 nitrogen and oxygen atoms in total. The Kier molecular flexibility index (Phi) is 8.66. The third-order valence-electron chi connectivity index (χ3n) is 10.0. The zero-order valence-corrected chi connectivity index (χ0v) is 30.2. The summed E-state index contributed by atoms with van der Waals surface area (Å²) < 4.78 is 0. The zero-order chi connectivity index (χ0) is 36.4. The SMILES string of the molecule is Cc1cc(-c2ccc(-c3ccc(-c4cc(-c5nc(-c6ccccc6)cc(-c6ccccc6)n5)cc(-c5cccc6ccccc56)c4)cc3)cc2)cc(C)n1. The van der Waals surface area contributed by atoms with Crippen LogP contribution in [0.25, 0.3) is 89.2 Å². The maximum atomic E-state index is 5.21. The van der Waals surface area contributed by atoms with Gasteiger partial charge in [0.1, 0.15) is 0 Å². The van der Waals surface area contributed by atoms with E-state index < -0.39 is 0 Å². The topological polar surface area (TPSA) is 38.7 Å². The van der Waals surface area contributed by atoms with Gasteiger partial charge in [-0.05, 0) is 106 Å². The molecule has 0 aliphatic carbocycles. The minimum absolute atomic E-state index is 0.690. The Morgan fingerprint density at radius 1 is 0.296 bits per heavy atom. The molecule has 0 radical (unpaired) electrons. The molecule has 0 bridgehead atoms. The van der Waals surface area contributed by atoms with Crippen molar-refractivity contribution < 1.29 is 0 Å². The second kappa shape index (κ2) is 14.2. The second-order valence-corrected chi connectivity index (χ2v) is 13.8. The molecule has 256 valence electrons. The van der Waals surface area contributed by atoms with Gasteiger partial charge in [-0.15, -0.1) is 0 Å².